The quantitative estimate of drug-likeness (QED) is 0.579. The Morgan fingerprint density at radius 1 is 1.24 bits per heavy atom. The summed E-state index contributed by atoms with van der Waals surface area (Å²) in [6, 6.07) is 6.88. The van der Waals surface area contributed by atoms with Crippen LogP contribution in [0.1, 0.15) is 42.4 Å². The van der Waals surface area contributed by atoms with Crippen LogP contribution in [0.5, 0.6) is 0 Å². The Morgan fingerprint density at radius 2 is 2.18 bits per heavy atom. The van der Waals surface area contributed by atoms with Crippen LogP contribution in [0, 0.1) is 18.3 Å². The third-order valence-electron chi connectivity index (χ3n) is 5.57. The molecule has 0 radical (unpaired) electrons. The number of hydrogen-bond acceptors (Lipinski definition) is 0. The maximum atomic E-state index is 2.52. The van der Waals surface area contributed by atoms with E-state index in [1.165, 1.54) is 44.1 Å². The maximum Gasteiger partial charge on any atom is -0.0182 e. The summed E-state index contributed by atoms with van der Waals surface area (Å²) in [4.78, 5) is 0. The normalized spacial score (nSPS) is 33.9. The van der Waals surface area contributed by atoms with Gasteiger partial charge in [-0.2, -0.15) is 0 Å². The van der Waals surface area contributed by atoms with E-state index in [2.05, 4.69) is 31.2 Å². The van der Waals surface area contributed by atoms with Crippen molar-refractivity contribution in [1.82, 2.24) is 0 Å². The van der Waals surface area contributed by atoms with Crippen molar-refractivity contribution in [3.63, 3.8) is 0 Å². The van der Waals surface area contributed by atoms with Crippen molar-refractivity contribution < 1.29 is 0 Å². The molecule has 0 heterocycles. The standard InChI is InChI=1S/C17H20/c1-12-3-2-4-14-7-8-17(11-16(12)14)10-13-5-6-15(17)9-13/h2-5,15H,6-11H2,1H3. The highest BCUT2D eigenvalue weighted by atomic mass is 14.5. The molecule has 0 N–H and O–H groups in total. The van der Waals surface area contributed by atoms with E-state index < -0.39 is 0 Å². The summed E-state index contributed by atoms with van der Waals surface area (Å²) in [6.45, 7) is 2.30. The minimum atomic E-state index is 0.656. The molecule has 0 saturated heterocycles. The fourth-order valence-corrected chi connectivity index (χ4v) is 4.57. The first-order valence-electron chi connectivity index (χ1n) is 7.02. The lowest BCUT2D eigenvalue weighted by Gasteiger charge is -2.41. The molecule has 1 saturated carbocycles. The molecule has 0 amide bonds. The predicted octanol–water partition coefficient (Wildman–Crippen LogP) is 4.21. The summed E-state index contributed by atoms with van der Waals surface area (Å²) in [5, 5.41) is 0. The minimum absolute atomic E-state index is 0.656. The van der Waals surface area contributed by atoms with Crippen molar-refractivity contribution in [2.75, 3.05) is 0 Å². The average Bonchev–Trinajstić information content (AvgIpc) is 2.91. The van der Waals surface area contributed by atoms with E-state index in [0.717, 1.165) is 5.92 Å². The smallest absolute Gasteiger partial charge is 0.0182 e. The van der Waals surface area contributed by atoms with Crippen molar-refractivity contribution in [1.29, 1.82) is 0 Å². The molecule has 2 atom stereocenters. The van der Waals surface area contributed by atoms with Crippen LogP contribution < -0.4 is 0 Å². The highest BCUT2D eigenvalue weighted by Gasteiger charge is 2.48. The second kappa shape index (κ2) is 3.25. The van der Waals surface area contributed by atoms with Crippen molar-refractivity contribution in [3.8, 4) is 0 Å². The summed E-state index contributed by atoms with van der Waals surface area (Å²) in [5.41, 5.74) is 7.27. The lowest BCUT2D eigenvalue weighted by Crippen LogP contribution is -2.33. The summed E-state index contributed by atoms with van der Waals surface area (Å²) in [6.07, 6.45) is 10.8. The Morgan fingerprint density at radius 3 is 2.94 bits per heavy atom. The molecule has 4 rings (SSSR count). The maximum absolute atomic E-state index is 2.52. The monoisotopic (exact) mass is 224 g/mol. The summed E-state index contributed by atoms with van der Waals surface area (Å²) in [7, 11) is 0. The lowest BCUT2D eigenvalue weighted by molar-refractivity contribution is 0.168. The molecule has 2 unspecified atom stereocenters. The van der Waals surface area contributed by atoms with Crippen LogP contribution in [0.3, 0.4) is 0 Å². The van der Waals surface area contributed by atoms with Gasteiger partial charge in [0.15, 0.2) is 0 Å². The molecule has 1 aromatic carbocycles. The van der Waals surface area contributed by atoms with Crippen molar-refractivity contribution in [3.05, 3.63) is 46.5 Å². The second-order valence-electron chi connectivity index (χ2n) is 6.43. The molecule has 88 valence electrons. The number of hydrogen-bond donors (Lipinski definition) is 0. The summed E-state index contributed by atoms with van der Waals surface area (Å²) in [5.74, 6) is 0.977. The molecule has 1 fully saturated rings. The Labute approximate surface area is 104 Å². The van der Waals surface area contributed by atoms with Crippen LogP contribution in [0.15, 0.2) is 29.8 Å². The van der Waals surface area contributed by atoms with Gasteiger partial charge in [0.1, 0.15) is 0 Å². The molecule has 0 aliphatic heterocycles. The van der Waals surface area contributed by atoms with E-state index >= 15 is 0 Å². The Hall–Kier alpha value is -1.04. The zero-order valence-electron chi connectivity index (χ0n) is 10.6. The Kier molecular flexibility index (Phi) is 1.90. The van der Waals surface area contributed by atoms with Crippen LogP contribution >= 0.6 is 0 Å². The fraction of sp³-hybridized carbons (Fsp3) is 0.529. The largest absolute Gasteiger partial charge is 0.0850 e. The predicted molar refractivity (Wildman–Crippen MR) is 71.1 cm³/mol. The number of rotatable bonds is 0. The molecule has 3 aliphatic rings. The average molecular weight is 224 g/mol. The van der Waals surface area contributed by atoms with Gasteiger partial charge in [-0.3, -0.25) is 0 Å². The van der Waals surface area contributed by atoms with Crippen LogP contribution in [0.4, 0.5) is 0 Å². The number of aryl methyl sites for hydroxylation is 2. The first kappa shape index (κ1) is 9.94. The molecule has 1 spiro atoms. The number of benzene rings is 1. The fourth-order valence-electron chi connectivity index (χ4n) is 4.57. The molecular weight excluding hydrogens is 204 g/mol. The molecule has 0 nitrogen and oxygen atoms in total. The van der Waals surface area contributed by atoms with Crippen LogP contribution in [0.25, 0.3) is 0 Å². The van der Waals surface area contributed by atoms with Gasteiger partial charge in [-0.05, 0) is 73.5 Å². The third-order valence-corrected chi connectivity index (χ3v) is 5.57. The molecular formula is C17H20. The topological polar surface area (TPSA) is 0 Å². The van der Waals surface area contributed by atoms with Gasteiger partial charge in [-0.25, -0.2) is 0 Å². The van der Waals surface area contributed by atoms with Crippen molar-refractivity contribution in [2.45, 2.75) is 45.4 Å². The van der Waals surface area contributed by atoms with Crippen LogP contribution in [-0.4, -0.2) is 0 Å². The summed E-state index contributed by atoms with van der Waals surface area (Å²) < 4.78 is 0. The van der Waals surface area contributed by atoms with Gasteiger partial charge in [0.2, 0.25) is 0 Å². The van der Waals surface area contributed by atoms with Crippen LogP contribution in [-0.2, 0) is 12.8 Å². The van der Waals surface area contributed by atoms with Gasteiger partial charge < -0.3 is 0 Å². The zero-order chi connectivity index (χ0) is 11.5. The highest BCUT2D eigenvalue weighted by molar-refractivity contribution is 5.39. The van der Waals surface area contributed by atoms with Gasteiger partial charge in [-0.15, -0.1) is 0 Å². The van der Waals surface area contributed by atoms with Gasteiger partial charge in [-0.1, -0.05) is 29.8 Å². The molecule has 3 aliphatic carbocycles. The van der Waals surface area contributed by atoms with E-state index in [1.54, 1.807) is 16.7 Å². The van der Waals surface area contributed by atoms with Gasteiger partial charge >= 0.3 is 0 Å². The summed E-state index contributed by atoms with van der Waals surface area (Å²) >= 11 is 0. The first-order valence-corrected chi connectivity index (χ1v) is 7.02. The van der Waals surface area contributed by atoms with E-state index in [0.29, 0.717) is 5.41 Å². The Bertz CT molecular complexity index is 509. The molecule has 17 heavy (non-hydrogen) atoms. The minimum Gasteiger partial charge on any atom is -0.0850 e. The Balaban J connectivity index is 1.76. The van der Waals surface area contributed by atoms with Gasteiger partial charge in [0.05, 0.1) is 0 Å². The SMILES string of the molecule is Cc1cccc2c1CC1(CC2)CC2=CCC1C2. The van der Waals surface area contributed by atoms with Crippen LogP contribution in [0.2, 0.25) is 0 Å². The van der Waals surface area contributed by atoms with Gasteiger partial charge in [0, 0.05) is 0 Å². The van der Waals surface area contributed by atoms with E-state index in [1.807, 2.05) is 0 Å². The van der Waals surface area contributed by atoms with E-state index in [-0.39, 0.29) is 0 Å². The zero-order valence-corrected chi connectivity index (χ0v) is 10.6. The molecule has 0 aromatic heterocycles. The number of allylic oxidation sites excluding steroid dienone is 2. The molecule has 1 aromatic rings. The lowest BCUT2D eigenvalue weighted by atomic mass is 9.63. The van der Waals surface area contributed by atoms with E-state index in [9.17, 15) is 0 Å². The highest BCUT2D eigenvalue weighted by Crippen LogP contribution is 2.58. The molecule has 2 bridgehead atoms. The number of fused-ring (bicyclic) bond motifs is 4. The molecule has 0 heteroatoms. The third kappa shape index (κ3) is 1.30. The van der Waals surface area contributed by atoms with E-state index in [4.69, 9.17) is 0 Å². The second-order valence-corrected chi connectivity index (χ2v) is 6.43. The van der Waals surface area contributed by atoms with Gasteiger partial charge in [0.25, 0.3) is 0 Å². The van der Waals surface area contributed by atoms with Crippen molar-refractivity contribution >= 4 is 0 Å². The van der Waals surface area contributed by atoms with Crippen molar-refractivity contribution in [2.24, 2.45) is 11.3 Å². The first-order chi connectivity index (χ1) is 8.27.